The quantitative estimate of drug-likeness (QED) is 0.882. The van der Waals surface area contributed by atoms with E-state index in [1.807, 2.05) is 13.0 Å². The van der Waals surface area contributed by atoms with E-state index in [1.54, 1.807) is 19.1 Å². The molecule has 1 heterocycles. The van der Waals surface area contributed by atoms with Crippen molar-refractivity contribution in [2.45, 2.75) is 25.3 Å². The van der Waals surface area contributed by atoms with Gasteiger partial charge in [0.2, 0.25) is 0 Å². The first-order valence-electron chi connectivity index (χ1n) is 6.34. The van der Waals surface area contributed by atoms with Crippen LogP contribution >= 0.6 is 0 Å². The zero-order valence-corrected chi connectivity index (χ0v) is 13.0. The lowest BCUT2D eigenvalue weighted by atomic mass is 10.2. The van der Waals surface area contributed by atoms with Gasteiger partial charge < -0.3 is 14.9 Å². The third-order valence-corrected chi connectivity index (χ3v) is 4.49. The Hall–Kier alpha value is -1.99. The number of anilines is 1. The minimum absolute atomic E-state index is 0.0755. The fourth-order valence-corrected chi connectivity index (χ4v) is 3.26. The Labute approximate surface area is 124 Å². The standard InChI is InChI=1S/C14H18N2O4S/c1-9-4-5-13(19-3)12(6-9)16-21(17,18)14-7-11(8-15)20-10(14)2/h4-7,16H,8,15H2,1-3H3. The van der Waals surface area contributed by atoms with Gasteiger partial charge in [-0.1, -0.05) is 6.07 Å². The van der Waals surface area contributed by atoms with Gasteiger partial charge in [-0.2, -0.15) is 0 Å². The number of aryl methyl sites for hydroxylation is 2. The van der Waals surface area contributed by atoms with Gasteiger partial charge in [-0.05, 0) is 31.5 Å². The van der Waals surface area contributed by atoms with Crippen molar-refractivity contribution >= 4 is 15.7 Å². The molecule has 1 aromatic heterocycles. The van der Waals surface area contributed by atoms with Gasteiger partial charge in [-0.3, -0.25) is 4.72 Å². The molecule has 0 saturated heterocycles. The molecular weight excluding hydrogens is 292 g/mol. The van der Waals surface area contributed by atoms with Crippen molar-refractivity contribution in [3.63, 3.8) is 0 Å². The largest absolute Gasteiger partial charge is 0.495 e. The van der Waals surface area contributed by atoms with Gasteiger partial charge in [-0.15, -0.1) is 0 Å². The van der Waals surface area contributed by atoms with Gasteiger partial charge in [0, 0.05) is 6.07 Å². The molecule has 0 spiro atoms. The van der Waals surface area contributed by atoms with Crippen LogP contribution in [0.25, 0.3) is 0 Å². The summed E-state index contributed by atoms with van der Waals surface area (Å²) in [4.78, 5) is 0.0755. The van der Waals surface area contributed by atoms with Gasteiger partial charge in [0.05, 0.1) is 19.3 Å². The summed E-state index contributed by atoms with van der Waals surface area (Å²) in [6.07, 6.45) is 0. The summed E-state index contributed by atoms with van der Waals surface area (Å²) < 4.78 is 37.9. The molecule has 7 heteroatoms. The lowest BCUT2D eigenvalue weighted by Crippen LogP contribution is -2.14. The second-order valence-corrected chi connectivity index (χ2v) is 6.30. The molecule has 0 aliphatic rings. The van der Waals surface area contributed by atoms with E-state index < -0.39 is 10.0 Å². The van der Waals surface area contributed by atoms with Crippen LogP contribution in [0, 0.1) is 13.8 Å². The van der Waals surface area contributed by atoms with Crippen LogP contribution < -0.4 is 15.2 Å². The molecule has 3 N–H and O–H groups in total. The lowest BCUT2D eigenvalue weighted by molar-refractivity contribution is 0.417. The van der Waals surface area contributed by atoms with E-state index in [-0.39, 0.29) is 11.4 Å². The summed E-state index contributed by atoms with van der Waals surface area (Å²) in [7, 11) is -2.28. The summed E-state index contributed by atoms with van der Waals surface area (Å²) in [5.74, 6) is 1.17. The third kappa shape index (κ3) is 3.20. The van der Waals surface area contributed by atoms with Crippen LogP contribution in [0.5, 0.6) is 5.75 Å². The highest BCUT2D eigenvalue weighted by Gasteiger charge is 2.22. The van der Waals surface area contributed by atoms with Crippen LogP contribution in [-0.4, -0.2) is 15.5 Å². The number of hydrogen-bond donors (Lipinski definition) is 2. The molecule has 0 amide bonds. The van der Waals surface area contributed by atoms with E-state index in [0.29, 0.717) is 23.0 Å². The molecule has 0 aliphatic heterocycles. The number of hydrogen-bond acceptors (Lipinski definition) is 5. The van der Waals surface area contributed by atoms with Crippen LogP contribution in [0.1, 0.15) is 17.1 Å². The molecular formula is C14H18N2O4S. The van der Waals surface area contributed by atoms with Crippen molar-refractivity contribution in [1.82, 2.24) is 0 Å². The molecule has 0 aliphatic carbocycles. The summed E-state index contributed by atoms with van der Waals surface area (Å²) >= 11 is 0. The van der Waals surface area contributed by atoms with Crippen LogP contribution in [0.15, 0.2) is 33.6 Å². The normalized spacial score (nSPS) is 11.4. The SMILES string of the molecule is COc1ccc(C)cc1NS(=O)(=O)c1cc(CN)oc1C. The molecule has 0 saturated carbocycles. The number of nitrogens with two attached hydrogens (primary N) is 1. The Morgan fingerprint density at radius 1 is 1.29 bits per heavy atom. The van der Waals surface area contributed by atoms with Crippen molar-refractivity contribution in [3.8, 4) is 5.75 Å². The molecule has 0 bridgehead atoms. The average molecular weight is 310 g/mol. The number of furan rings is 1. The monoisotopic (exact) mass is 310 g/mol. The van der Waals surface area contributed by atoms with Gasteiger partial charge in [0.1, 0.15) is 22.2 Å². The van der Waals surface area contributed by atoms with Gasteiger partial charge in [-0.25, -0.2) is 8.42 Å². The second kappa shape index (κ2) is 5.79. The predicted molar refractivity (Wildman–Crippen MR) is 79.9 cm³/mol. The molecule has 0 unspecified atom stereocenters. The maximum absolute atomic E-state index is 12.5. The van der Waals surface area contributed by atoms with Crippen LogP contribution in [0.2, 0.25) is 0 Å². The number of sulfonamides is 1. The maximum Gasteiger partial charge on any atom is 0.265 e. The first-order chi connectivity index (χ1) is 9.87. The summed E-state index contributed by atoms with van der Waals surface area (Å²) in [6.45, 7) is 3.60. The summed E-state index contributed by atoms with van der Waals surface area (Å²) in [5, 5.41) is 0. The Morgan fingerprint density at radius 2 is 2.00 bits per heavy atom. The van der Waals surface area contributed by atoms with Gasteiger partial charge in [0.25, 0.3) is 10.0 Å². The zero-order chi connectivity index (χ0) is 15.6. The Bertz CT molecular complexity index is 750. The molecule has 1 aromatic carbocycles. The topological polar surface area (TPSA) is 94.6 Å². The van der Waals surface area contributed by atoms with Crippen LogP contribution in [-0.2, 0) is 16.6 Å². The molecule has 21 heavy (non-hydrogen) atoms. The molecule has 2 rings (SSSR count). The average Bonchev–Trinajstić information content (AvgIpc) is 2.81. The minimum atomic E-state index is -3.76. The molecule has 114 valence electrons. The fraction of sp³-hybridized carbons (Fsp3) is 0.286. The Balaban J connectivity index is 2.41. The van der Waals surface area contributed by atoms with Gasteiger partial charge in [0.15, 0.2) is 0 Å². The zero-order valence-electron chi connectivity index (χ0n) is 12.1. The highest BCUT2D eigenvalue weighted by molar-refractivity contribution is 7.92. The molecule has 2 aromatic rings. The van der Waals surface area contributed by atoms with Crippen molar-refractivity contribution < 1.29 is 17.6 Å². The number of benzene rings is 1. The number of ether oxygens (including phenoxy) is 1. The number of rotatable bonds is 5. The third-order valence-electron chi connectivity index (χ3n) is 3.01. The lowest BCUT2D eigenvalue weighted by Gasteiger charge is -2.12. The predicted octanol–water partition coefficient (Wildman–Crippen LogP) is 2.16. The highest BCUT2D eigenvalue weighted by Crippen LogP contribution is 2.29. The molecule has 6 nitrogen and oxygen atoms in total. The fourth-order valence-electron chi connectivity index (χ4n) is 1.99. The van der Waals surface area contributed by atoms with Crippen LogP contribution in [0.3, 0.4) is 0 Å². The van der Waals surface area contributed by atoms with Crippen molar-refractivity contribution in [1.29, 1.82) is 0 Å². The Kier molecular flexibility index (Phi) is 4.24. The first kappa shape index (κ1) is 15.4. The maximum atomic E-state index is 12.5. The van der Waals surface area contributed by atoms with Crippen molar-refractivity contribution in [2.75, 3.05) is 11.8 Å². The van der Waals surface area contributed by atoms with E-state index in [2.05, 4.69) is 4.72 Å². The van der Waals surface area contributed by atoms with E-state index in [0.717, 1.165) is 5.56 Å². The van der Waals surface area contributed by atoms with Crippen LogP contribution in [0.4, 0.5) is 5.69 Å². The Morgan fingerprint density at radius 3 is 2.57 bits per heavy atom. The van der Waals surface area contributed by atoms with E-state index in [1.165, 1.54) is 13.2 Å². The van der Waals surface area contributed by atoms with E-state index >= 15 is 0 Å². The highest BCUT2D eigenvalue weighted by atomic mass is 32.2. The molecule has 0 radical (unpaired) electrons. The summed E-state index contributed by atoms with van der Waals surface area (Å²) in [6, 6.07) is 6.68. The summed E-state index contributed by atoms with van der Waals surface area (Å²) in [5.41, 5.74) is 6.76. The van der Waals surface area contributed by atoms with E-state index in [9.17, 15) is 8.42 Å². The smallest absolute Gasteiger partial charge is 0.265 e. The van der Waals surface area contributed by atoms with Crippen molar-refractivity contribution in [2.24, 2.45) is 5.73 Å². The number of methoxy groups -OCH3 is 1. The minimum Gasteiger partial charge on any atom is -0.495 e. The first-order valence-corrected chi connectivity index (χ1v) is 7.82. The van der Waals surface area contributed by atoms with Gasteiger partial charge >= 0.3 is 0 Å². The molecule has 0 atom stereocenters. The van der Waals surface area contributed by atoms with E-state index in [4.69, 9.17) is 14.9 Å². The molecule has 0 fully saturated rings. The second-order valence-electron chi connectivity index (χ2n) is 4.65. The van der Waals surface area contributed by atoms with Crippen molar-refractivity contribution in [3.05, 3.63) is 41.3 Å². The number of nitrogens with one attached hydrogen (secondary N) is 1.